The van der Waals surface area contributed by atoms with Crippen LogP contribution in [0.4, 0.5) is 5.69 Å². The fourth-order valence-corrected chi connectivity index (χ4v) is 4.09. The molecule has 2 aliphatic rings. The summed E-state index contributed by atoms with van der Waals surface area (Å²) < 4.78 is 0. The predicted octanol–water partition coefficient (Wildman–Crippen LogP) is 2.72. The van der Waals surface area contributed by atoms with Crippen molar-refractivity contribution in [3.8, 4) is 17.3 Å². The van der Waals surface area contributed by atoms with Gasteiger partial charge in [0.2, 0.25) is 5.91 Å². The average molecular weight is 374 g/mol. The summed E-state index contributed by atoms with van der Waals surface area (Å²) in [7, 11) is 3.47. The Kier molecular flexibility index (Phi) is 4.31. The maximum Gasteiger partial charge on any atom is 0.253 e. The van der Waals surface area contributed by atoms with Gasteiger partial charge in [-0.15, -0.1) is 0 Å². The SMILES string of the molecule is CN(C)C(=O)c1ccc(-c2ccc3c(c2)CC2(CCN(C#N)C2)C(=O)N3)cc1. The Morgan fingerprint density at radius 3 is 2.54 bits per heavy atom. The van der Waals surface area contributed by atoms with Crippen LogP contribution >= 0.6 is 0 Å². The minimum atomic E-state index is -0.524. The smallest absolute Gasteiger partial charge is 0.253 e. The number of hydrogen-bond donors (Lipinski definition) is 1. The molecule has 1 fully saturated rings. The second-order valence-electron chi connectivity index (χ2n) is 7.83. The van der Waals surface area contributed by atoms with E-state index in [1.54, 1.807) is 23.9 Å². The maximum atomic E-state index is 12.7. The summed E-state index contributed by atoms with van der Waals surface area (Å²) in [5.74, 6) is -0.0121. The highest BCUT2D eigenvalue weighted by Crippen LogP contribution is 2.41. The van der Waals surface area contributed by atoms with Gasteiger partial charge in [0, 0.05) is 38.4 Å². The molecule has 2 amide bonds. The Morgan fingerprint density at radius 1 is 1.18 bits per heavy atom. The van der Waals surface area contributed by atoms with E-state index in [0.717, 1.165) is 22.4 Å². The molecule has 28 heavy (non-hydrogen) atoms. The summed E-state index contributed by atoms with van der Waals surface area (Å²) in [5, 5.41) is 12.2. The van der Waals surface area contributed by atoms with Crippen molar-refractivity contribution >= 4 is 17.5 Å². The van der Waals surface area contributed by atoms with Crippen LogP contribution in [0.1, 0.15) is 22.3 Å². The van der Waals surface area contributed by atoms with E-state index in [9.17, 15) is 9.59 Å². The molecular formula is C22H22N4O2. The number of likely N-dealkylation sites (tertiary alicyclic amines) is 1. The van der Waals surface area contributed by atoms with E-state index in [4.69, 9.17) is 5.26 Å². The molecule has 2 aromatic carbocycles. The molecular weight excluding hydrogens is 352 g/mol. The zero-order chi connectivity index (χ0) is 19.9. The molecule has 2 heterocycles. The molecule has 0 radical (unpaired) electrons. The van der Waals surface area contributed by atoms with Crippen molar-refractivity contribution in [3.63, 3.8) is 0 Å². The molecule has 1 saturated heterocycles. The van der Waals surface area contributed by atoms with Gasteiger partial charge in [0.05, 0.1) is 5.41 Å². The number of fused-ring (bicyclic) bond motifs is 1. The van der Waals surface area contributed by atoms with Crippen molar-refractivity contribution in [3.05, 3.63) is 53.6 Å². The fraction of sp³-hybridized carbons (Fsp3) is 0.318. The lowest BCUT2D eigenvalue weighted by molar-refractivity contribution is -0.125. The van der Waals surface area contributed by atoms with Crippen LogP contribution in [0.25, 0.3) is 11.1 Å². The molecule has 6 nitrogen and oxygen atoms in total. The number of nitriles is 1. The number of anilines is 1. The van der Waals surface area contributed by atoms with E-state index in [1.165, 1.54) is 0 Å². The third kappa shape index (κ3) is 2.99. The highest BCUT2D eigenvalue weighted by Gasteiger charge is 2.47. The summed E-state index contributed by atoms with van der Waals surface area (Å²) in [6, 6.07) is 13.6. The van der Waals surface area contributed by atoms with Gasteiger partial charge in [-0.3, -0.25) is 9.59 Å². The quantitative estimate of drug-likeness (QED) is 0.820. The van der Waals surface area contributed by atoms with Gasteiger partial charge in [0.25, 0.3) is 5.91 Å². The first-order valence-corrected chi connectivity index (χ1v) is 9.33. The van der Waals surface area contributed by atoms with Crippen molar-refractivity contribution in [2.45, 2.75) is 12.8 Å². The summed E-state index contributed by atoms with van der Waals surface area (Å²) in [6.45, 7) is 1.10. The lowest BCUT2D eigenvalue weighted by atomic mass is 9.76. The third-order valence-corrected chi connectivity index (χ3v) is 5.73. The van der Waals surface area contributed by atoms with Gasteiger partial charge < -0.3 is 15.1 Å². The van der Waals surface area contributed by atoms with E-state index in [-0.39, 0.29) is 11.8 Å². The first kappa shape index (κ1) is 18.1. The standard InChI is InChI=1S/C22H22N4O2/c1-25(2)20(27)16-5-3-15(4-6-16)17-7-8-19-18(11-17)12-22(21(28)24-19)9-10-26(13-22)14-23/h3-8,11H,9-10,12-13H2,1-2H3,(H,24,28). The van der Waals surface area contributed by atoms with Crippen LogP contribution in [0.2, 0.25) is 0 Å². The number of benzene rings is 2. The first-order chi connectivity index (χ1) is 13.4. The largest absolute Gasteiger partial charge is 0.345 e. The zero-order valence-corrected chi connectivity index (χ0v) is 16.0. The van der Waals surface area contributed by atoms with Gasteiger partial charge >= 0.3 is 0 Å². The summed E-state index contributed by atoms with van der Waals surface area (Å²) in [4.78, 5) is 28.0. The van der Waals surface area contributed by atoms with E-state index in [0.29, 0.717) is 31.5 Å². The molecule has 0 bridgehead atoms. The number of rotatable bonds is 2. The topological polar surface area (TPSA) is 76.4 Å². The van der Waals surface area contributed by atoms with Crippen LogP contribution in [0, 0.1) is 16.9 Å². The lowest BCUT2D eigenvalue weighted by Gasteiger charge is -2.33. The highest BCUT2D eigenvalue weighted by atomic mass is 16.2. The van der Waals surface area contributed by atoms with Crippen molar-refractivity contribution in [2.75, 3.05) is 32.5 Å². The number of nitrogens with zero attached hydrogens (tertiary/aromatic N) is 3. The molecule has 1 N–H and O–H groups in total. The zero-order valence-electron chi connectivity index (χ0n) is 16.0. The Labute approximate surface area is 164 Å². The number of nitrogens with one attached hydrogen (secondary N) is 1. The molecule has 2 aliphatic heterocycles. The molecule has 0 aliphatic carbocycles. The van der Waals surface area contributed by atoms with E-state index >= 15 is 0 Å². The van der Waals surface area contributed by atoms with Crippen molar-refractivity contribution in [1.82, 2.24) is 9.80 Å². The molecule has 1 atom stereocenters. The maximum absolute atomic E-state index is 12.7. The summed E-state index contributed by atoms with van der Waals surface area (Å²) >= 11 is 0. The molecule has 2 aromatic rings. The van der Waals surface area contributed by atoms with Crippen LogP contribution in [0.15, 0.2) is 42.5 Å². The minimum Gasteiger partial charge on any atom is -0.345 e. The Hall–Kier alpha value is -3.33. The third-order valence-electron chi connectivity index (χ3n) is 5.73. The number of amides is 2. The van der Waals surface area contributed by atoms with Crippen LogP contribution < -0.4 is 5.32 Å². The van der Waals surface area contributed by atoms with Gasteiger partial charge in [-0.25, -0.2) is 0 Å². The average Bonchev–Trinajstić information content (AvgIpc) is 3.12. The van der Waals surface area contributed by atoms with E-state index < -0.39 is 5.41 Å². The van der Waals surface area contributed by atoms with Crippen molar-refractivity contribution in [2.24, 2.45) is 5.41 Å². The van der Waals surface area contributed by atoms with Gasteiger partial charge in [-0.05, 0) is 53.8 Å². The molecule has 1 unspecified atom stereocenters. The van der Waals surface area contributed by atoms with Crippen molar-refractivity contribution in [1.29, 1.82) is 5.26 Å². The second kappa shape index (κ2) is 6.68. The van der Waals surface area contributed by atoms with Crippen LogP contribution in [0.5, 0.6) is 0 Å². The Morgan fingerprint density at radius 2 is 1.89 bits per heavy atom. The molecule has 0 saturated carbocycles. The van der Waals surface area contributed by atoms with Gasteiger partial charge in [0.1, 0.15) is 0 Å². The monoisotopic (exact) mass is 374 g/mol. The van der Waals surface area contributed by atoms with Crippen LogP contribution in [-0.4, -0.2) is 48.8 Å². The molecule has 0 aromatic heterocycles. The molecule has 4 rings (SSSR count). The predicted molar refractivity (Wildman–Crippen MR) is 106 cm³/mol. The van der Waals surface area contributed by atoms with Gasteiger partial charge in [-0.1, -0.05) is 18.2 Å². The first-order valence-electron chi connectivity index (χ1n) is 9.33. The normalized spacial score (nSPS) is 20.5. The summed E-state index contributed by atoms with van der Waals surface area (Å²) in [5.41, 5.74) is 4.13. The number of hydrogen-bond acceptors (Lipinski definition) is 4. The Balaban J connectivity index is 1.62. The van der Waals surface area contributed by atoms with Crippen molar-refractivity contribution < 1.29 is 9.59 Å². The molecule has 6 heteroatoms. The van der Waals surface area contributed by atoms with Gasteiger partial charge in [-0.2, -0.15) is 5.26 Å². The van der Waals surface area contributed by atoms with E-state index in [1.807, 2.05) is 36.4 Å². The fourth-order valence-electron chi connectivity index (χ4n) is 4.09. The van der Waals surface area contributed by atoms with Crippen LogP contribution in [-0.2, 0) is 11.2 Å². The number of carbonyl (C=O) groups excluding carboxylic acids is 2. The molecule has 1 spiro atoms. The molecule has 142 valence electrons. The van der Waals surface area contributed by atoms with Gasteiger partial charge in [0.15, 0.2) is 6.19 Å². The van der Waals surface area contributed by atoms with E-state index in [2.05, 4.69) is 17.6 Å². The lowest BCUT2D eigenvalue weighted by Crippen LogP contribution is -2.43. The highest BCUT2D eigenvalue weighted by molar-refractivity contribution is 5.99. The summed E-state index contributed by atoms with van der Waals surface area (Å²) in [6.07, 6.45) is 3.49. The Bertz CT molecular complexity index is 991. The second-order valence-corrected chi connectivity index (χ2v) is 7.83. The van der Waals surface area contributed by atoms with Crippen LogP contribution in [0.3, 0.4) is 0 Å². The number of carbonyl (C=O) groups is 2. The minimum absolute atomic E-state index is 0.0112.